The molecule has 0 aliphatic carbocycles. The summed E-state index contributed by atoms with van der Waals surface area (Å²) in [6.45, 7) is 0. The number of hydrogen-bond donors (Lipinski definition) is 0. The molecule has 0 atom stereocenters. The molecule has 0 spiro atoms. The highest BCUT2D eigenvalue weighted by Gasteiger charge is 2.20. The van der Waals surface area contributed by atoms with Gasteiger partial charge in [0.25, 0.3) is 0 Å². The zero-order valence-corrected chi connectivity index (χ0v) is 28.1. The van der Waals surface area contributed by atoms with Gasteiger partial charge in [0, 0.05) is 53.1 Å². The van der Waals surface area contributed by atoms with E-state index in [1.807, 2.05) is 29.5 Å². The monoisotopic (exact) mass is 669 g/mol. The van der Waals surface area contributed by atoms with Crippen molar-refractivity contribution in [3.63, 3.8) is 0 Å². The van der Waals surface area contributed by atoms with E-state index in [-0.39, 0.29) is 0 Å². The summed E-state index contributed by atoms with van der Waals surface area (Å²) >= 11 is 1.85. The van der Waals surface area contributed by atoms with Crippen molar-refractivity contribution in [3.05, 3.63) is 164 Å². The van der Waals surface area contributed by atoms with E-state index in [2.05, 4.69) is 150 Å². The van der Waals surface area contributed by atoms with Crippen LogP contribution in [0.2, 0.25) is 0 Å². The Kier molecular flexibility index (Phi) is 6.09. The first kappa shape index (κ1) is 28.3. The minimum atomic E-state index is 0.656. The van der Waals surface area contributed by atoms with Crippen molar-refractivity contribution in [2.75, 3.05) is 0 Å². The zero-order chi connectivity index (χ0) is 33.5. The molecule has 4 nitrogen and oxygen atoms in total. The topological polar surface area (TPSA) is 43.9 Å². The molecule has 0 unspecified atom stereocenters. The fourth-order valence-corrected chi connectivity index (χ4v) is 8.95. The lowest BCUT2D eigenvalue weighted by atomic mass is 9.99. The standard InChI is InChI=1S/C46H27N3OS/c1-5-22-38-33(16-1)34-17-2-6-23-39(34)49(38)31-15-10-14-30(27-31)46-47-42(44-43(48-46)37-19-3-7-24-40(37)50-44)29-13-9-12-28(26-29)32-20-11-21-36-35-18-4-8-25-41(35)51-45(32)36/h1-27H. The average Bonchev–Trinajstić information content (AvgIpc) is 3.87. The molecule has 7 aromatic carbocycles. The van der Waals surface area contributed by atoms with Crippen molar-refractivity contribution in [1.82, 2.24) is 14.5 Å². The second-order valence-electron chi connectivity index (χ2n) is 13.0. The van der Waals surface area contributed by atoms with Crippen LogP contribution in [0.1, 0.15) is 0 Å². The fourth-order valence-electron chi connectivity index (χ4n) is 7.71. The minimum absolute atomic E-state index is 0.656. The van der Waals surface area contributed by atoms with Crippen LogP contribution in [0.15, 0.2) is 168 Å². The van der Waals surface area contributed by atoms with E-state index in [9.17, 15) is 0 Å². The predicted molar refractivity (Wildman–Crippen MR) is 213 cm³/mol. The highest BCUT2D eigenvalue weighted by Crippen LogP contribution is 2.42. The third kappa shape index (κ3) is 4.32. The van der Waals surface area contributed by atoms with E-state index in [4.69, 9.17) is 14.4 Å². The van der Waals surface area contributed by atoms with Crippen LogP contribution in [-0.2, 0) is 0 Å². The van der Waals surface area contributed by atoms with E-state index >= 15 is 0 Å². The van der Waals surface area contributed by atoms with Crippen LogP contribution in [0.5, 0.6) is 0 Å². The van der Waals surface area contributed by atoms with Crippen molar-refractivity contribution in [1.29, 1.82) is 0 Å². The van der Waals surface area contributed by atoms with Gasteiger partial charge in [0.2, 0.25) is 0 Å². The molecule has 11 rings (SSSR count). The number of fused-ring (bicyclic) bond motifs is 9. The molecule has 0 radical (unpaired) electrons. The van der Waals surface area contributed by atoms with Gasteiger partial charge in [-0.2, -0.15) is 0 Å². The van der Waals surface area contributed by atoms with Gasteiger partial charge in [-0.25, -0.2) is 9.97 Å². The summed E-state index contributed by atoms with van der Waals surface area (Å²) in [4.78, 5) is 10.5. The van der Waals surface area contributed by atoms with Gasteiger partial charge in [-0.15, -0.1) is 11.3 Å². The van der Waals surface area contributed by atoms with E-state index in [1.165, 1.54) is 47.5 Å². The zero-order valence-electron chi connectivity index (χ0n) is 27.2. The summed E-state index contributed by atoms with van der Waals surface area (Å²) in [5.41, 5.74) is 10.7. The number of thiophene rings is 1. The molecule has 0 aliphatic heterocycles. The summed E-state index contributed by atoms with van der Waals surface area (Å²) in [6, 6.07) is 57.8. The van der Waals surface area contributed by atoms with E-state index in [1.54, 1.807) is 0 Å². The Labute approximate surface area is 296 Å². The van der Waals surface area contributed by atoms with Gasteiger partial charge in [-0.3, -0.25) is 0 Å². The number of furan rings is 1. The molecule has 0 bridgehead atoms. The minimum Gasteiger partial charge on any atom is -0.452 e. The number of aromatic nitrogens is 3. The van der Waals surface area contributed by atoms with E-state index in [0.29, 0.717) is 11.4 Å². The Hall–Kier alpha value is -6.56. The Morgan fingerprint density at radius 1 is 0.490 bits per heavy atom. The summed E-state index contributed by atoms with van der Waals surface area (Å²) in [5.74, 6) is 0.656. The molecule has 0 aliphatic rings. The normalized spacial score (nSPS) is 11.9. The van der Waals surface area contributed by atoms with Crippen molar-refractivity contribution >= 4 is 75.4 Å². The lowest BCUT2D eigenvalue weighted by Gasteiger charge is -2.11. The summed E-state index contributed by atoms with van der Waals surface area (Å²) < 4.78 is 11.5. The largest absolute Gasteiger partial charge is 0.452 e. The second-order valence-corrected chi connectivity index (χ2v) is 14.0. The number of rotatable bonds is 4. The molecule has 0 saturated carbocycles. The Bertz CT molecular complexity index is 3110. The third-order valence-corrected chi connectivity index (χ3v) is 11.2. The predicted octanol–water partition coefficient (Wildman–Crippen LogP) is 12.8. The number of benzene rings is 7. The lowest BCUT2D eigenvalue weighted by molar-refractivity contribution is 0.667. The number of para-hydroxylation sites is 3. The van der Waals surface area contributed by atoms with Crippen molar-refractivity contribution in [2.24, 2.45) is 0 Å². The summed E-state index contributed by atoms with van der Waals surface area (Å²) in [6.07, 6.45) is 0. The van der Waals surface area contributed by atoms with Gasteiger partial charge in [-0.1, -0.05) is 115 Å². The first-order valence-electron chi connectivity index (χ1n) is 17.1. The Balaban J connectivity index is 1.12. The van der Waals surface area contributed by atoms with E-state index in [0.717, 1.165) is 44.6 Å². The van der Waals surface area contributed by atoms with Crippen LogP contribution < -0.4 is 0 Å². The summed E-state index contributed by atoms with van der Waals surface area (Å²) in [7, 11) is 0. The molecule has 0 saturated heterocycles. The van der Waals surface area contributed by atoms with Gasteiger partial charge >= 0.3 is 0 Å². The number of nitrogens with zero attached hydrogens (tertiary/aromatic N) is 3. The molecule has 4 aromatic heterocycles. The molecule has 0 fully saturated rings. The van der Waals surface area contributed by atoms with Crippen molar-refractivity contribution < 1.29 is 4.42 Å². The molecule has 5 heteroatoms. The molecule has 4 heterocycles. The quantitative estimate of drug-likeness (QED) is 0.187. The van der Waals surface area contributed by atoms with Gasteiger partial charge in [-0.05, 0) is 59.7 Å². The average molecular weight is 670 g/mol. The molecule has 238 valence electrons. The van der Waals surface area contributed by atoms with Crippen molar-refractivity contribution in [2.45, 2.75) is 0 Å². The molecule has 0 amide bonds. The van der Waals surface area contributed by atoms with Crippen LogP contribution in [0.3, 0.4) is 0 Å². The maximum Gasteiger partial charge on any atom is 0.180 e. The number of hydrogen-bond acceptors (Lipinski definition) is 4. The first-order chi connectivity index (χ1) is 25.3. The maximum absolute atomic E-state index is 6.54. The highest BCUT2D eigenvalue weighted by atomic mass is 32.1. The van der Waals surface area contributed by atoms with Gasteiger partial charge in [0.05, 0.1) is 11.0 Å². The van der Waals surface area contributed by atoms with Crippen molar-refractivity contribution in [3.8, 4) is 39.5 Å². The maximum atomic E-state index is 6.54. The Morgan fingerprint density at radius 3 is 1.98 bits per heavy atom. The summed E-state index contributed by atoms with van der Waals surface area (Å²) in [5, 5.41) is 6.01. The molecule has 11 aromatic rings. The SMILES string of the molecule is c1cc(-c2nc(-c3cccc(-n4c5ccccc5c5ccccc54)c3)nc3c2oc2ccccc23)cc(-c2cccc3c2sc2ccccc23)c1. The lowest BCUT2D eigenvalue weighted by Crippen LogP contribution is -1.97. The van der Waals surface area contributed by atoms with Crippen LogP contribution in [0.25, 0.3) is 104 Å². The van der Waals surface area contributed by atoms with Gasteiger partial charge < -0.3 is 8.98 Å². The molecular weight excluding hydrogens is 643 g/mol. The highest BCUT2D eigenvalue weighted by molar-refractivity contribution is 7.26. The fraction of sp³-hybridized carbons (Fsp3) is 0. The van der Waals surface area contributed by atoms with Crippen LogP contribution in [0, 0.1) is 0 Å². The second kappa shape index (κ2) is 11.0. The first-order valence-corrected chi connectivity index (χ1v) is 17.9. The molecule has 51 heavy (non-hydrogen) atoms. The van der Waals surface area contributed by atoms with Crippen LogP contribution in [-0.4, -0.2) is 14.5 Å². The van der Waals surface area contributed by atoms with Gasteiger partial charge in [0.1, 0.15) is 16.8 Å². The van der Waals surface area contributed by atoms with Crippen LogP contribution >= 0.6 is 11.3 Å². The van der Waals surface area contributed by atoms with E-state index < -0.39 is 0 Å². The van der Waals surface area contributed by atoms with Crippen LogP contribution in [0.4, 0.5) is 0 Å². The Morgan fingerprint density at radius 2 is 1.14 bits per heavy atom. The third-order valence-electron chi connectivity index (χ3n) is 10.0. The molecule has 0 N–H and O–H groups in total. The van der Waals surface area contributed by atoms with Gasteiger partial charge in [0.15, 0.2) is 11.4 Å². The smallest absolute Gasteiger partial charge is 0.180 e. The molecular formula is C46H27N3OS.